The lowest BCUT2D eigenvalue weighted by Crippen LogP contribution is -1.87. The van der Waals surface area contributed by atoms with Gasteiger partial charge in [-0.3, -0.25) is 0 Å². The largest absolute Gasteiger partial charge is 0.243 e. The molecule has 0 N–H and O–H groups in total. The van der Waals surface area contributed by atoms with Gasteiger partial charge in [0.05, 0.1) is 11.9 Å². The lowest BCUT2D eigenvalue weighted by Gasteiger charge is -1.85. The van der Waals surface area contributed by atoms with Crippen molar-refractivity contribution >= 4 is 11.6 Å². The Bertz CT molecular complexity index is 172. The fraction of sp³-hybridized carbons (Fsp3) is 0.400. The molecule has 50 valence electrons. The standard InChI is InChI=1S/C4H4ClN3.CH4/c1-3-2-6-8-4(5)7-3;/h2H,1H3;1H4. The quantitative estimate of drug-likeness (QED) is 0.555. The monoisotopic (exact) mass is 145 g/mol. The van der Waals surface area contributed by atoms with Crippen molar-refractivity contribution in [2.45, 2.75) is 14.4 Å². The fourth-order valence-electron chi connectivity index (χ4n) is 0.357. The second-order valence-corrected chi connectivity index (χ2v) is 1.70. The molecule has 0 amide bonds. The molecule has 3 nitrogen and oxygen atoms in total. The van der Waals surface area contributed by atoms with Gasteiger partial charge >= 0.3 is 0 Å². The molecule has 0 aliphatic heterocycles. The first-order valence-corrected chi connectivity index (χ1v) is 2.48. The number of nitrogens with zero attached hydrogens (tertiary/aromatic N) is 3. The fourth-order valence-corrected chi connectivity index (χ4v) is 0.534. The number of hydrogen-bond donors (Lipinski definition) is 0. The average molecular weight is 146 g/mol. The molecule has 0 aliphatic rings. The van der Waals surface area contributed by atoms with Crippen molar-refractivity contribution in [1.29, 1.82) is 0 Å². The van der Waals surface area contributed by atoms with Crippen LogP contribution in [0.1, 0.15) is 13.1 Å². The minimum atomic E-state index is 0. The van der Waals surface area contributed by atoms with E-state index >= 15 is 0 Å². The van der Waals surface area contributed by atoms with Gasteiger partial charge in [-0.05, 0) is 18.5 Å². The molecule has 0 radical (unpaired) electrons. The number of aryl methyl sites for hydroxylation is 1. The molecule has 1 rings (SSSR count). The second-order valence-electron chi connectivity index (χ2n) is 1.37. The van der Waals surface area contributed by atoms with Gasteiger partial charge in [0.1, 0.15) is 0 Å². The lowest BCUT2D eigenvalue weighted by molar-refractivity contribution is 0.940. The van der Waals surface area contributed by atoms with Crippen molar-refractivity contribution in [3.8, 4) is 0 Å². The third kappa shape index (κ3) is 2.37. The van der Waals surface area contributed by atoms with Crippen LogP contribution in [-0.2, 0) is 0 Å². The zero-order chi connectivity index (χ0) is 5.98. The number of rotatable bonds is 0. The van der Waals surface area contributed by atoms with E-state index in [2.05, 4.69) is 15.2 Å². The molecule has 1 aromatic heterocycles. The van der Waals surface area contributed by atoms with Crippen molar-refractivity contribution in [2.24, 2.45) is 0 Å². The molecule has 0 aliphatic carbocycles. The highest BCUT2D eigenvalue weighted by atomic mass is 35.5. The molecule has 0 saturated heterocycles. The van der Waals surface area contributed by atoms with Crippen LogP contribution < -0.4 is 0 Å². The summed E-state index contributed by atoms with van der Waals surface area (Å²) in [6.07, 6.45) is 1.55. The molecule has 0 atom stereocenters. The van der Waals surface area contributed by atoms with E-state index in [0.717, 1.165) is 5.69 Å². The van der Waals surface area contributed by atoms with Crippen molar-refractivity contribution < 1.29 is 0 Å². The van der Waals surface area contributed by atoms with Crippen LogP contribution >= 0.6 is 11.6 Å². The first-order valence-electron chi connectivity index (χ1n) is 2.11. The van der Waals surface area contributed by atoms with Crippen molar-refractivity contribution in [2.75, 3.05) is 0 Å². The third-order valence-corrected chi connectivity index (χ3v) is 0.814. The highest BCUT2D eigenvalue weighted by Crippen LogP contribution is 1.95. The summed E-state index contributed by atoms with van der Waals surface area (Å²) in [6, 6.07) is 0. The number of aromatic nitrogens is 3. The maximum atomic E-state index is 5.36. The highest BCUT2D eigenvalue weighted by Gasteiger charge is 1.87. The normalized spacial score (nSPS) is 8.22. The molecule has 0 unspecified atom stereocenters. The Morgan fingerprint density at radius 3 is 2.56 bits per heavy atom. The number of hydrogen-bond acceptors (Lipinski definition) is 3. The molecule has 0 fully saturated rings. The Morgan fingerprint density at radius 2 is 2.22 bits per heavy atom. The molecule has 1 aromatic rings. The second kappa shape index (κ2) is 3.35. The summed E-state index contributed by atoms with van der Waals surface area (Å²) in [5, 5.41) is 7.18. The van der Waals surface area contributed by atoms with Crippen LogP contribution in [0.15, 0.2) is 6.20 Å². The van der Waals surface area contributed by atoms with Crippen LogP contribution in [-0.4, -0.2) is 15.2 Å². The first kappa shape index (κ1) is 8.30. The summed E-state index contributed by atoms with van der Waals surface area (Å²) < 4.78 is 0. The predicted octanol–water partition coefficient (Wildman–Crippen LogP) is 1.47. The molecule has 9 heavy (non-hydrogen) atoms. The molecule has 4 heteroatoms. The molecule has 0 aromatic carbocycles. The van der Waals surface area contributed by atoms with E-state index in [9.17, 15) is 0 Å². The number of halogens is 1. The molecule has 1 heterocycles. The van der Waals surface area contributed by atoms with E-state index in [1.807, 2.05) is 0 Å². The van der Waals surface area contributed by atoms with Crippen LogP contribution in [0.5, 0.6) is 0 Å². The van der Waals surface area contributed by atoms with E-state index in [4.69, 9.17) is 11.6 Å². The van der Waals surface area contributed by atoms with E-state index in [0.29, 0.717) is 0 Å². The van der Waals surface area contributed by atoms with Crippen LogP contribution in [0, 0.1) is 6.92 Å². The minimum absolute atomic E-state index is 0. The summed E-state index contributed by atoms with van der Waals surface area (Å²) in [7, 11) is 0. The summed E-state index contributed by atoms with van der Waals surface area (Å²) >= 11 is 5.36. The van der Waals surface area contributed by atoms with Crippen molar-refractivity contribution in [3.05, 3.63) is 17.2 Å². The van der Waals surface area contributed by atoms with E-state index in [-0.39, 0.29) is 12.7 Å². The van der Waals surface area contributed by atoms with Gasteiger partial charge in [0, 0.05) is 0 Å². The predicted molar refractivity (Wildman–Crippen MR) is 36.3 cm³/mol. The third-order valence-electron chi connectivity index (χ3n) is 0.653. The van der Waals surface area contributed by atoms with Crippen LogP contribution in [0.4, 0.5) is 0 Å². The molecule has 0 saturated carbocycles. The van der Waals surface area contributed by atoms with Crippen LogP contribution in [0.3, 0.4) is 0 Å². The maximum absolute atomic E-state index is 5.36. The smallest absolute Gasteiger partial charge is 0.220 e. The Labute approximate surface area is 59.1 Å². The highest BCUT2D eigenvalue weighted by molar-refractivity contribution is 6.28. The molecular formula is C5H8ClN3. The molecule has 0 spiro atoms. The van der Waals surface area contributed by atoms with Crippen molar-refractivity contribution in [1.82, 2.24) is 15.2 Å². The van der Waals surface area contributed by atoms with E-state index in [1.54, 1.807) is 13.1 Å². The van der Waals surface area contributed by atoms with Gasteiger partial charge in [-0.2, -0.15) is 5.10 Å². The summed E-state index contributed by atoms with van der Waals surface area (Å²) in [5.41, 5.74) is 0.782. The van der Waals surface area contributed by atoms with Gasteiger partial charge in [0.15, 0.2) is 0 Å². The Morgan fingerprint density at radius 1 is 1.56 bits per heavy atom. The van der Waals surface area contributed by atoms with Gasteiger partial charge < -0.3 is 0 Å². The molecule has 0 bridgehead atoms. The Hall–Kier alpha value is -0.700. The Kier molecular flexibility index (Phi) is 3.09. The van der Waals surface area contributed by atoms with Crippen LogP contribution in [0.25, 0.3) is 0 Å². The van der Waals surface area contributed by atoms with Gasteiger partial charge in [-0.1, -0.05) is 7.43 Å². The maximum Gasteiger partial charge on any atom is 0.243 e. The van der Waals surface area contributed by atoms with Crippen molar-refractivity contribution in [3.63, 3.8) is 0 Å². The summed E-state index contributed by atoms with van der Waals surface area (Å²) in [5.74, 6) is 0. The lowest BCUT2D eigenvalue weighted by atomic mass is 10.6. The van der Waals surface area contributed by atoms with Crippen LogP contribution in [0.2, 0.25) is 5.28 Å². The summed E-state index contributed by atoms with van der Waals surface area (Å²) in [6.45, 7) is 1.81. The Balaban J connectivity index is 0.000000640. The average Bonchev–Trinajstić information content (AvgIpc) is 1.64. The van der Waals surface area contributed by atoms with E-state index < -0.39 is 0 Å². The zero-order valence-corrected chi connectivity index (χ0v) is 5.05. The minimum Gasteiger partial charge on any atom is -0.220 e. The van der Waals surface area contributed by atoms with Gasteiger partial charge in [-0.25, -0.2) is 4.98 Å². The SMILES string of the molecule is C.Cc1cnnc(Cl)n1. The van der Waals surface area contributed by atoms with E-state index in [1.165, 1.54) is 0 Å². The topological polar surface area (TPSA) is 38.7 Å². The molecular weight excluding hydrogens is 138 g/mol. The first-order chi connectivity index (χ1) is 3.79. The van der Waals surface area contributed by atoms with Gasteiger partial charge in [0.25, 0.3) is 0 Å². The van der Waals surface area contributed by atoms with Gasteiger partial charge in [-0.15, -0.1) is 5.10 Å². The van der Waals surface area contributed by atoms with Gasteiger partial charge in [0.2, 0.25) is 5.28 Å². The zero-order valence-electron chi connectivity index (χ0n) is 4.30. The summed E-state index contributed by atoms with van der Waals surface area (Å²) in [4.78, 5) is 3.77.